The van der Waals surface area contributed by atoms with Crippen molar-refractivity contribution in [2.24, 2.45) is 0 Å². The molecule has 0 saturated heterocycles. The van der Waals surface area contributed by atoms with Gasteiger partial charge in [-0.3, -0.25) is 4.79 Å². The van der Waals surface area contributed by atoms with Crippen LogP contribution in [0.4, 0.5) is 8.78 Å². The molecule has 4 rings (SSSR count). The number of imidazole rings is 1. The summed E-state index contributed by atoms with van der Waals surface area (Å²) in [6, 6.07) is 13.4. The Balaban J connectivity index is 1.46. The van der Waals surface area contributed by atoms with Crippen molar-refractivity contribution in [3.8, 4) is 11.4 Å². The van der Waals surface area contributed by atoms with Gasteiger partial charge in [-0.1, -0.05) is 30.3 Å². The van der Waals surface area contributed by atoms with Gasteiger partial charge in [-0.2, -0.15) is 0 Å². The Bertz CT molecular complexity index is 1090. The van der Waals surface area contributed by atoms with Crippen LogP contribution in [0.15, 0.2) is 61.1 Å². The van der Waals surface area contributed by atoms with E-state index < -0.39 is 6.43 Å². The fourth-order valence-electron chi connectivity index (χ4n) is 3.69. The third kappa shape index (κ3) is 4.10. The van der Waals surface area contributed by atoms with Gasteiger partial charge in [-0.15, -0.1) is 0 Å². The number of rotatable bonds is 6. The highest BCUT2D eigenvalue weighted by Gasteiger charge is 2.22. The molecule has 0 fully saturated rings. The van der Waals surface area contributed by atoms with E-state index in [1.807, 2.05) is 12.1 Å². The predicted molar refractivity (Wildman–Crippen MR) is 110 cm³/mol. The van der Waals surface area contributed by atoms with Crippen LogP contribution in [0.1, 0.15) is 41.3 Å². The summed E-state index contributed by atoms with van der Waals surface area (Å²) in [5.74, 6) is 0.316. The van der Waals surface area contributed by atoms with Crippen LogP contribution in [-0.4, -0.2) is 22.6 Å². The Morgan fingerprint density at radius 3 is 2.90 bits per heavy atom. The van der Waals surface area contributed by atoms with Gasteiger partial charge in [0.15, 0.2) is 0 Å². The van der Waals surface area contributed by atoms with Crippen molar-refractivity contribution >= 4 is 12.0 Å². The van der Waals surface area contributed by atoms with Crippen LogP contribution in [-0.2, 0) is 11.2 Å². The Hall–Kier alpha value is -3.48. The Kier molecular flexibility index (Phi) is 5.61. The maximum absolute atomic E-state index is 12.8. The average Bonchev–Trinajstić information content (AvgIpc) is 3.40. The molecular weight excluding hydrogens is 388 g/mol. The molecule has 1 aliphatic carbocycles. The number of carbonyl (C=O) groups excluding carboxylic acids is 1. The van der Waals surface area contributed by atoms with Crippen LogP contribution in [0.25, 0.3) is 11.8 Å². The lowest BCUT2D eigenvalue weighted by molar-refractivity contribution is -0.117. The van der Waals surface area contributed by atoms with E-state index >= 15 is 0 Å². The molecule has 5 nitrogen and oxygen atoms in total. The minimum Gasteiger partial charge on any atom is -0.495 e. The minimum absolute atomic E-state index is 0.0283. The molecule has 0 bridgehead atoms. The SMILES string of the molecule is COc1cc(C=CC(=O)NC2CCc3ccccc32)ccc1-n1cnc(C(F)F)c1. The number of nitrogens with one attached hydrogen (secondary N) is 1. The van der Waals surface area contributed by atoms with E-state index in [1.165, 1.54) is 41.4 Å². The number of benzene rings is 2. The summed E-state index contributed by atoms with van der Waals surface area (Å²) < 4.78 is 32.5. The molecule has 0 saturated carbocycles. The maximum atomic E-state index is 12.8. The summed E-state index contributed by atoms with van der Waals surface area (Å²) in [6.45, 7) is 0. The van der Waals surface area contributed by atoms with Crippen molar-refractivity contribution in [2.45, 2.75) is 25.3 Å². The smallest absolute Gasteiger partial charge is 0.281 e. The molecule has 1 amide bonds. The summed E-state index contributed by atoms with van der Waals surface area (Å²) in [5, 5.41) is 3.04. The summed E-state index contributed by atoms with van der Waals surface area (Å²) in [7, 11) is 1.50. The number of nitrogens with zero attached hydrogens (tertiary/aromatic N) is 2. The predicted octanol–water partition coefficient (Wildman–Crippen LogP) is 4.64. The number of alkyl halides is 2. The molecule has 3 aromatic rings. The van der Waals surface area contributed by atoms with Crippen molar-refractivity contribution in [1.82, 2.24) is 14.9 Å². The van der Waals surface area contributed by atoms with E-state index in [0.29, 0.717) is 11.4 Å². The van der Waals surface area contributed by atoms with Crippen LogP contribution in [0.3, 0.4) is 0 Å². The lowest BCUT2D eigenvalue weighted by Gasteiger charge is -2.12. The fourth-order valence-corrected chi connectivity index (χ4v) is 3.69. The minimum atomic E-state index is -2.63. The third-order valence-corrected chi connectivity index (χ3v) is 5.18. The number of hydrogen-bond acceptors (Lipinski definition) is 3. The first kappa shape index (κ1) is 19.8. The molecule has 0 spiro atoms. The zero-order chi connectivity index (χ0) is 21.1. The van der Waals surface area contributed by atoms with E-state index in [-0.39, 0.29) is 17.6 Å². The van der Waals surface area contributed by atoms with Gasteiger partial charge in [0.1, 0.15) is 11.4 Å². The summed E-state index contributed by atoms with van der Waals surface area (Å²) in [6.07, 6.45) is 5.00. The standard InChI is InChI=1S/C23H21F2N3O2/c1-30-21-12-15(6-10-20(21)28-13-19(23(24)25)26-14-28)7-11-22(29)27-18-9-8-16-4-2-3-5-17(16)18/h2-7,10-14,18,23H,8-9H2,1H3,(H,27,29). The van der Waals surface area contributed by atoms with E-state index in [9.17, 15) is 13.6 Å². The van der Waals surface area contributed by atoms with E-state index in [0.717, 1.165) is 18.4 Å². The zero-order valence-corrected chi connectivity index (χ0v) is 16.4. The van der Waals surface area contributed by atoms with Gasteiger partial charge in [0.2, 0.25) is 5.91 Å². The number of hydrogen-bond donors (Lipinski definition) is 1. The molecule has 1 aromatic heterocycles. The molecule has 0 aliphatic heterocycles. The monoisotopic (exact) mass is 409 g/mol. The van der Waals surface area contributed by atoms with Crippen molar-refractivity contribution in [3.05, 3.63) is 83.4 Å². The van der Waals surface area contributed by atoms with Crippen LogP contribution in [0.5, 0.6) is 5.75 Å². The summed E-state index contributed by atoms with van der Waals surface area (Å²) >= 11 is 0. The number of halogens is 2. The third-order valence-electron chi connectivity index (χ3n) is 5.18. The molecule has 2 aromatic carbocycles. The van der Waals surface area contributed by atoms with Gasteiger partial charge in [-0.05, 0) is 47.7 Å². The summed E-state index contributed by atoms with van der Waals surface area (Å²) in [5.41, 5.74) is 3.49. The highest BCUT2D eigenvalue weighted by molar-refractivity contribution is 5.92. The average molecular weight is 409 g/mol. The molecule has 1 unspecified atom stereocenters. The second-order valence-electron chi connectivity index (χ2n) is 7.07. The first-order valence-corrected chi connectivity index (χ1v) is 9.62. The highest BCUT2D eigenvalue weighted by atomic mass is 19.3. The van der Waals surface area contributed by atoms with Crippen LogP contribution in [0.2, 0.25) is 0 Å². The van der Waals surface area contributed by atoms with Crippen molar-refractivity contribution in [1.29, 1.82) is 0 Å². The largest absolute Gasteiger partial charge is 0.495 e. The van der Waals surface area contributed by atoms with Gasteiger partial charge in [-0.25, -0.2) is 13.8 Å². The van der Waals surface area contributed by atoms with Crippen LogP contribution in [0, 0.1) is 0 Å². The highest BCUT2D eigenvalue weighted by Crippen LogP contribution is 2.31. The van der Waals surface area contributed by atoms with E-state index in [2.05, 4.69) is 22.4 Å². The molecule has 7 heteroatoms. The number of carbonyl (C=O) groups is 1. The topological polar surface area (TPSA) is 56.1 Å². The number of ether oxygens (including phenoxy) is 1. The van der Waals surface area contributed by atoms with Gasteiger partial charge in [0.25, 0.3) is 6.43 Å². The normalized spacial score (nSPS) is 15.5. The molecule has 154 valence electrons. The van der Waals surface area contributed by atoms with Crippen molar-refractivity contribution in [3.63, 3.8) is 0 Å². The lowest BCUT2D eigenvalue weighted by Crippen LogP contribution is -2.25. The maximum Gasteiger partial charge on any atom is 0.281 e. The molecule has 1 atom stereocenters. The van der Waals surface area contributed by atoms with Gasteiger partial charge >= 0.3 is 0 Å². The van der Waals surface area contributed by atoms with Gasteiger partial charge in [0, 0.05) is 12.3 Å². The van der Waals surface area contributed by atoms with Gasteiger partial charge < -0.3 is 14.6 Å². The molecule has 1 aliphatic rings. The molecular formula is C23H21F2N3O2. The molecule has 0 radical (unpaired) electrons. The second-order valence-corrected chi connectivity index (χ2v) is 7.07. The summed E-state index contributed by atoms with van der Waals surface area (Å²) in [4.78, 5) is 16.1. The Labute approximate surface area is 173 Å². The number of methoxy groups -OCH3 is 1. The molecule has 30 heavy (non-hydrogen) atoms. The molecule has 1 N–H and O–H groups in total. The van der Waals surface area contributed by atoms with Gasteiger partial charge in [0.05, 0.1) is 25.2 Å². The lowest BCUT2D eigenvalue weighted by atomic mass is 10.1. The fraction of sp³-hybridized carbons (Fsp3) is 0.217. The first-order valence-electron chi connectivity index (χ1n) is 9.62. The zero-order valence-electron chi connectivity index (χ0n) is 16.4. The Morgan fingerprint density at radius 2 is 2.13 bits per heavy atom. The van der Waals surface area contributed by atoms with Crippen LogP contribution >= 0.6 is 0 Å². The number of aromatic nitrogens is 2. The number of fused-ring (bicyclic) bond motifs is 1. The number of aryl methyl sites for hydroxylation is 1. The van der Waals surface area contributed by atoms with Crippen LogP contribution < -0.4 is 10.1 Å². The number of amides is 1. The second kappa shape index (κ2) is 8.49. The van der Waals surface area contributed by atoms with E-state index in [4.69, 9.17) is 4.74 Å². The van der Waals surface area contributed by atoms with E-state index in [1.54, 1.807) is 24.3 Å². The Morgan fingerprint density at radius 1 is 1.30 bits per heavy atom. The first-order chi connectivity index (χ1) is 14.5. The quantitative estimate of drug-likeness (QED) is 0.604. The van der Waals surface area contributed by atoms with Crippen molar-refractivity contribution < 1.29 is 18.3 Å². The molecule has 1 heterocycles. The van der Waals surface area contributed by atoms with Crippen molar-refractivity contribution in [2.75, 3.05) is 7.11 Å².